The minimum absolute atomic E-state index is 0.158. The van der Waals surface area contributed by atoms with Crippen molar-refractivity contribution >= 4 is 29.5 Å². The maximum Gasteiger partial charge on any atom is 0.332 e. The highest BCUT2D eigenvalue weighted by atomic mass is 35.5. The first-order chi connectivity index (χ1) is 10.5. The van der Waals surface area contributed by atoms with Gasteiger partial charge in [0.2, 0.25) is 0 Å². The zero-order valence-electron chi connectivity index (χ0n) is 12.6. The summed E-state index contributed by atoms with van der Waals surface area (Å²) >= 11 is 6.06. The molecule has 0 saturated carbocycles. The van der Waals surface area contributed by atoms with E-state index >= 15 is 0 Å². The average Bonchev–Trinajstić information content (AvgIpc) is 2.92. The topological polar surface area (TPSA) is 69.0 Å². The maximum absolute atomic E-state index is 11.4. The van der Waals surface area contributed by atoms with Crippen LogP contribution in [0, 0.1) is 0 Å². The lowest BCUT2D eigenvalue weighted by atomic mass is 10.2. The van der Waals surface area contributed by atoms with Gasteiger partial charge in [0.25, 0.3) is 0 Å². The van der Waals surface area contributed by atoms with Crippen molar-refractivity contribution in [3.8, 4) is 11.4 Å². The molecule has 0 fully saturated rings. The number of aromatic nitrogens is 3. The number of ether oxygens (including phenoxy) is 1. The van der Waals surface area contributed by atoms with E-state index in [-0.39, 0.29) is 6.10 Å². The van der Waals surface area contributed by atoms with Crippen LogP contribution in [0.3, 0.4) is 0 Å². The van der Waals surface area contributed by atoms with Gasteiger partial charge in [-0.2, -0.15) is 0 Å². The summed E-state index contributed by atoms with van der Waals surface area (Å²) in [6.45, 7) is 3.58. The van der Waals surface area contributed by atoms with Crippen LogP contribution in [0.1, 0.15) is 13.8 Å². The van der Waals surface area contributed by atoms with Crippen molar-refractivity contribution in [3.63, 3.8) is 0 Å². The van der Waals surface area contributed by atoms with Crippen LogP contribution in [0.25, 0.3) is 17.6 Å². The Balaban J connectivity index is 2.16. The molecular weight excluding hydrogens is 304 g/mol. The van der Waals surface area contributed by atoms with Crippen LogP contribution in [-0.2, 0) is 9.53 Å². The second-order valence-electron chi connectivity index (χ2n) is 4.83. The van der Waals surface area contributed by atoms with Gasteiger partial charge in [0.15, 0.2) is 5.82 Å². The van der Waals surface area contributed by atoms with Crippen LogP contribution in [0.2, 0.25) is 5.02 Å². The van der Waals surface area contributed by atoms with Crippen molar-refractivity contribution in [1.29, 1.82) is 0 Å². The third-order valence-electron chi connectivity index (χ3n) is 2.67. The molecule has 2 rings (SSSR count). The van der Waals surface area contributed by atoms with Crippen LogP contribution in [0.4, 0.5) is 5.69 Å². The van der Waals surface area contributed by atoms with Crippen LogP contribution in [-0.4, -0.2) is 33.9 Å². The minimum atomic E-state index is -0.424. The number of hydrogen-bond acceptors (Lipinski definition) is 5. The highest BCUT2D eigenvalue weighted by Gasteiger charge is 2.07. The van der Waals surface area contributed by atoms with Crippen LogP contribution in [0.15, 0.2) is 30.6 Å². The third-order valence-corrected chi connectivity index (χ3v) is 2.89. The summed E-state index contributed by atoms with van der Waals surface area (Å²) in [6.07, 6.45) is 4.14. The summed E-state index contributed by atoms with van der Waals surface area (Å²) in [7, 11) is 1.81. The number of rotatable bonds is 5. The van der Waals surface area contributed by atoms with Gasteiger partial charge < -0.3 is 10.1 Å². The van der Waals surface area contributed by atoms with Crippen LogP contribution in [0.5, 0.6) is 0 Å². The van der Waals surface area contributed by atoms with Gasteiger partial charge in [0, 0.05) is 35.6 Å². The molecule has 7 heteroatoms. The molecule has 0 aliphatic rings. The van der Waals surface area contributed by atoms with Gasteiger partial charge in [-0.05, 0) is 32.0 Å². The van der Waals surface area contributed by atoms with Crippen molar-refractivity contribution in [2.45, 2.75) is 20.0 Å². The van der Waals surface area contributed by atoms with Crippen molar-refractivity contribution in [1.82, 2.24) is 14.8 Å². The van der Waals surface area contributed by atoms with E-state index in [9.17, 15) is 4.79 Å². The maximum atomic E-state index is 11.4. The molecule has 0 saturated heterocycles. The zero-order valence-corrected chi connectivity index (χ0v) is 13.3. The first-order valence-electron chi connectivity index (χ1n) is 6.76. The molecule has 0 bridgehead atoms. The molecule has 116 valence electrons. The molecule has 0 unspecified atom stereocenters. The lowest BCUT2D eigenvalue weighted by molar-refractivity contribution is -0.141. The van der Waals surface area contributed by atoms with Crippen molar-refractivity contribution < 1.29 is 9.53 Å². The first-order valence-corrected chi connectivity index (χ1v) is 7.14. The van der Waals surface area contributed by atoms with Gasteiger partial charge in [-0.25, -0.2) is 14.5 Å². The molecule has 2 aromatic rings. The van der Waals surface area contributed by atoms with E-state index in [0.29, 0.717) is 10.8 Å². The molecule has 0 amide bonds. The van der Waals surface area contributed by atoms with E-state index in [1.807, 2.05) is 19.2 Å². The number of carbonyl (C=O) groups is 1. The van der Waals surface area contributed by atoms with Crippen molar-refractivity contribution in [2.24, 2.45) is 0 Å². The Morgan fingerprint density at radius 1 is 1.41 bits per heavy atom. The van der Waals surface area contributed by atoms with Crippen LogP contribution < -0.4 is 5.32 Å². The van der Waals surface area contributed by atoms with E-state index in [4.69, 9.17) is 16.3 Å². The van der Waals surface area contributed by atoms with E-state index in [1.54, 1.807) is 19.9 Å². The van der Waals surface area contributed by atoms with Gasteiger partial charge in [-0.15, -0.1) is 5.10 Å². The number of nitrogens with zero attached hydrogens (tertiary/aromatic N) is 3. The van der Waals surface area contributed by atoms with E-state index in [0.717, 1.165) is 11.3 Å². The van der Waals surface area contributed by atoms with Gasteiger partial charge >= 0.3 is 5.97 Å². The van der Waals surface area contributed by atoms with E-state index in [1.165, 1.54) is 23.3 Å². The summed E-state index contributed by atoms with van der Waals surface area (Å²) in [6, 6.07) is 5.48. The molecule has 6 nitrogen and oxygen atoms in total. The number of hydrogen-bond donors (Lipinski definition) is 1. The Hall–Kier alpha value is -2.34. The molecule has 1 heterocycles. The highest BCUT2D eigenvalue weighted by Crippen LogP contribution is 2.24. The molecule has 0 aliphatic carbocycles. The second-order valence-corrected chi connectivity index (χ2v) is 5.26. The van der Waals surface area contributed by atoms with E-state index in [2.05, 4.69) is 15.4 Å². The van der Waals surface area contributed by atoms with Gasteiger partial charge in [0.1, 0.15) is 6.33 Å². The predicted octanol–water partition coefficient (Wildman–Crippen LogP) is 3.06. The molecule has 0 radical (unpaired) electrons. The number of halogens is 1. The molecule has 0 aliphatic heterocycles. The summed E-state index contributed by atoms with van der Waals surface area (Å²) in [4.78, 5) is 15.6. The zero-order chi connectivity index (χ0) is 16.1. The Morgan fingerprint density at radius 2 is 2.18 bits per heavy atom. The highest BCUT2D eigenvalue weighted by molar-refractivity contribution is 6.31. The molecule has 1 aromatic carbocycles. The summed E-state index contributed by atoms with van der Waals surface area (Å²) in [5, 5.41) is 7.89. The summed E-state index contributed by atoms with van der Waals surface area (Å²) in [5.74, 6) is 0.0909. The summed E-state index contributed by atoms with van der Waals surface area (Å²) < 4.78 is 6.44. The number of carbonyl (C=O) groups excluding carboxylic acids is 1. The third kappa shape index (κ3) is 4.33. The molecule has 22 heavy (non-hydrogen) atoms. The summed E-state index contributed by atoms with van der Waals surface area (Å²) in [5.41, 5.74) is 1.66. The van der Waals surface area contributed by atoms with Crippen molar-refractivity contribution in [3.05, 3.63) is 35.6 Å². The first kappa shape index (κ1) is 16.0. The number of anilines is 1. The average molecular weight is 321 g/mol. The molecular formula is C15H17ClN4O2. The Morgan fingerprint density at radius 3 is 2.86 bits per heavy atom. The normalized spacial score (nSPS) is 11.1. The quantitative estimate of drug-likeness (QED) is 0.677. The lowest BCUT2D eigenvalue weighted by Gasteiger charge is -2.03. The SMILES string of the molecule is CNc1cc(Cl)cc(-c2ncn(/C=C\C(=O)OC(C)C)n2)c1. The molecule has 1 aromatic heterocycles. The van der Waals surface area contributed by atoms with Crippen molar-refractivity contribution in [2.75, 3.05) is 12.4 Å². The smallest absolute Gasteiger partial charge is 0.332 e. The minimum Gasteiger partial charge on any atom is -0.460 e. The number of benzene rings is 1. The van der Waals surface area contributed by atoms with Crippen LogP contribution >= 0.6 is 11.6 Å². The fourth-order valence-corrected chi connectivity index (χ4v) is 1.99. The van der Waals surface area contributed by atoms with Gasteiger partial charge in [0.05, 0.1) is 6.10 Å². The standard InChI is InChI=1S/C15H17ClN4O2/c1-10(2)22-14(21)4-5-20-9-18-15(19-20)11-6-12(16)8-13(7-11)17-3/h4-10,17H,1-3H3/b5-4-. The molecule has 0 spiro atoms. The van der Waals surface area contributed by atoms with Gasteiger partial charge in [-0.1, -0.05) is 11.6 Å². The Bertz CT molecular complexity index is 695. The fourth-order valence-electron chi connectivity index (χ4n) is 1.75. The second kappa shape index (κ2) is 7.09. The fraction of sp³-hybridized carbons (Fsp3) is 0.267. The number of nitrogens with one attached hydrogen (secondary N) is 1. The largest absolute Gasteiger partial charge is 0.460 e. The molecule has 1 N–H and O–H groups in total. The number of esters is 1. The predicted molar refractivity (Wildman–Crippen MR) is 86.6 cm³/mol. The Labute approximate surface area is 133 Å². The monoisotopic (exact) mass is 320 g/mol. The van der Waals surface area contributed by atoms with E-state index < -0.39 is 5.97 Å². The molecule has 0 atom stereocenters. The Kier molecular flexibility index (Phi) is 5.16. The lowest BCUT2D eigenvalue weighted by Crippen LogP contribution is -2.08. The van der Waals surface area contributed by atoms with Gasteiger partial charge in [-0.3, -0.25) is 0 Å².